The molecule has 0 bridgehead atoms. The van der Waals surface area contributed by atoms with Crippen LogP contribution < -0.4 is 9.64 Å². The number of rotatable bonds is 11. The molecule has 0 aliphatic carbocycles. The largest absolute Gasteiger partial charge is 0.493 e. The lowest BCUT2D eigenvalue weighted by Gasteiger charge is -2.25. The van der Waals surface area contributed by atoms with E-state index in [9.17, 15) is 4.79 Å². The van der Waals surface area contributed by atoms with E-state index in [0.29, 0.717) is 11.5 Å². The van der Waals surface area contributed by atoms with E-state index in [1.165, 1.54) is 19.3 Å². The molecule has 0 heterocycles. The summed E-state index contributed by atoms with van der Waals surface area (Å²) in [6.07, 6.45) is 5.73. The maximum absolute atomic E-state index is 11.0. The number of unbranched alkanes of at least 4 members (excludes halogenated alkanes) is 1. The molecule has 0 saturated carbocycles. The number of ether oxygens (including phenoxy) is 1. The minimum Gasteiger partial charge on any atom is -0.493 e. The van der Waals surface area contributed by atoms with Crippen LogP contribution in [0.4, 0.5) is 17.1 Å². The highest BCUT2D eigenvalue weighted by atomic mass is 16.5. The van der Waals surface area contributed by atoms with Crippen molar-refractivity contribution in [1.82, 2.24) is 0 Å². The molecule has 3 rings (SSSR count). The van der Waals surface area contributed by atoms with E-state index in [1.807, 2.05) is 54.6 Å². The average molecular weight is 402 g/mol. The van der Waals surface area contributed by atoms with Crippen molar-refractivity contribution in [3.05, 3.63) is 84.4 Å². The molecule has 3 aromatic carbocycles. The summed E-state index contributed by atoms with van der Waals surface area (Å²) >= 11 is 0. The van der Waals surface area contributed by atoms with E-state index >= 15 is 0 Å². The Morgan fingerprint density at radius 3 is 2.00 bits per heavy atom. The summed E-state index contributed by atoms with van der Waals surface area (Å²) in [4.78, 5) is 13.2. The topological polar surface area (TPSA) is 29.5 Å². The van der Waals surface area contributed by atoms with Crippen LogP contribution in [-0.2, 0) is 0 Å². The first-order valence-electron chi connectivity index (χ1n) is 10.9. The van der Waals surface area contributed by atoms with Gasteiger partial charge in [0, 0.05) is 22.6 Å². The van der Waals surface area contributed by atoms with Gasteiger partial charge in [0.15, 0.2) is 0 Å². The van der Waals surface area contributed by atoms with Gasteiger partial charge in [-0.1, -0.05) is 51.3 Å². The molecule has 156 valence electrons. The van der Waals surface area contributed by atoms with E-state index in [-0.39, 0.29) is 0 Å². The highest BCUT2D eigenvalue weighted by Gasteiger charge is 2.13. The van der Waals surface area contributed by atoms with E-state index < -0.39 is 0 Å². The van der Waals surface area contributed by atoms with Crippen LogP contribution in [-0.4, -0.2) is 12.9 Å². The summed E-state index contributed by atoms with van der Waals surface area (Å²) in [6, 6.07) is 26.1. The zero-order valence-corrected chi connectivity index (χ0v) is 18.0. The molecular formula is C27H31NO2. The predicted molar refractivity (Wildman–Crippen MR) is 125 cm³/mol. The molecule has 3 nitrogen and oxygen atoms in total. The summed E-state index contributed by atoms with van der Waals surface area (Å²) in [5.74, 6) is 1.51. The number of hydrogen-bond acceptors (Lipinski definition) is 3. The van der Waals surface area contributed by atoms with Gasteiger partial charge < -0.3 is 9.64 Å². The molecule has 0 aliphatic heterocycles. The highest BCUT2D eigenvalue weighted by molar-refractivity contribution is 5.80. The molecule has 0 fully saturated rings. The molecule has 1 atom stereocenters. The summed E-state index contributed by atoms with van der Waals surface area (Å²) in [7, 11) is 0. The number of benzene rings is 3. The van der Waals surface area contributed by atoms with Gasteiger partial charge in [0.25, 0.3) is 0 Å². The van der Waals surface area contributed by atoms with Gasteiger partial charge >= 0.3 is 0 Å². The predicted octanol–water partition coefficient (Wildman–Crippen LogP) is 7.56. The third-order valence-corrected chi connectivity index (χ3v) is 5.43. The molecule has 0 N–H and O–H groups in total. The molecule has 0 aliphatic rings. The minimum atomic E-state index is 0.613. The molecule has 1 unspecified atom stereocenters. The Labute approximate surface area is 180 Å². The number of anilines is 3. The molecule has 3 aromatic rings. The second-order valence-corrected chi connectivity index (χ2v) is 7.60. The molecule has 0 radical (unpaired) electrons. The molecule has 0 spiro atoms. The number of carbonyl (C=O) groups excluding carboxylic acids is 1. The van der Waals surface area contributed by atoms with Crippen molar-refractivity contribution in [2.75, 3.05) is 11.5 Å². The van der Waals surface area contributed by atoms with Crippen LogP contribution in [0.15, 0.2) is 78.9 Å². The summed E-state index contributed by atoms with van der Waals surface area (Å²) in [6.45, 7) is 5.24. The van der Waals surface area contributed by atoms with Gasteiger partial charge in [-0.2, -0.15) is 0 Å². The van der Waals surface area contributed by atoms with Crippen molar-refractivity contribution < 1.29 is 9.53 Å². The first-order chi connectivity index (χ1) is 14.7. The van der Waals surface area contributed by atoms with Crippen LogP contribution in [0.5, 0.6) is 5.75 Å². The quantitative estimate of drug-likeness (QED) is 0.310. The van der Waals surface area contributed by atoms with E-state index in [1.54, 1.807) is 0 Å². The van der Waals surface area contributed by atoms with Gasteiger partial charge in [-0.15, -0.1) is 0 Å². The van der Waals surface area contributed by atoms with Gasteiger partial charge in [0.2, 0.25) is 0 Å². The van der Waals surface area contributed by atoms with Gasteiger partial charge in [-0.05, 0) is 73.0 Å². The highest BCUT2D eigenvalue weighted by Crippen LogP contribution is 2.35. The maximum atomic E-state index is 11.0. The fraction of sp³-hybridized carbons (Fsp3) is 0.296. The summed E-state index contributed by atoms with van der Waals surface area (Å²) in [5, 5.41) is 0. The Balaban J connectivity index is 1.79. The minimum absolute atomic E-state index is 0.613. The smallest absolute Gasteiger partial charge is 0.150 e. The van der Waals surface area contributed by atoms with Crippen LogP contribution in [0.1, 0.15) is 49.9 Å². The molecule has 30 heavy (non-hydrogen) atoms. The second kappa shape index (κ2) is 11.2. The van der Waals surface area contributed by atoms with Crippen molar-refractivity contribution in [2.45, 2.75) is 39.5 Å². The summed E-state index contributed by atoms with van der Waals surface area (Å²) in [5.41, 5.74) is 3.79. The van der Waals surface area contributed by atoms with Crippen molar-refractivity contribution in [3.8, 4) is 5.75 Å². The third-order valence-electron chi connectivity index (χ3n) is 5.43. The van der Waals surface area contributed by atoms with Crippen molar-refractivity contribution in [1.29, 1.82) is 0 Å². The number of carbonyl (C=O) groups is 1. The fourth-order valence-corrected chi connectivity index (χ4v) is 3.53. The van der Waals surface area contributed by atoms with Crippen LogP contribution in [0.25, 0.3) is 0 Å². The van der Waals surface area contributed by atoms with E-state index in [4.69, 9.17) is 4.74 Å². The zero-order valence-electron chi connectivity index (χ0n) is 18.0. The third kappa shape index (κ3) is 5.73. The van der Waals surface area contributed by atoms with Crippen LogP contribution in [0, 0.1) is 5.92 Å². The molecular weight excluding hydrogens is 370 g/mol. The van der Waals surface area contributed by atoms with Gasteiger partial charge in [0.1, 0.15) is 12.0 Å². The zero-order chi connectivity index (χ0) is 21.2. The normalized spacial score (nSPS) is 11.7. The van der Waals surface area contributed by atoms with Gasteiger partial charge in [0.05, 0.1) is 6.61 Å². The Morgan fingerprint density at radius 1 is 0.833 bits per heavy atom. The Morgan fingerprint density at radius 2 is 1.43 bits per heavy atom. The fourth-order valence-electron chi connectivity index (χ4n) is 3.53. The Bertz CT molecular complexity index is 888. The average Bonchev–Trinajstić information content (AvgIpc) is 2.81. The monoisotopic (exact) mass is 401 g/mol. The van der Waals surface area contributed by atoms with Gasteiger partial charge in [-0.3, -0.25) is 4.79 Å². The molecule has 0 saturated heterocycles. The standard InChI is InChI=1S/C27H31NO2/c1-3-5-9-22(4-2)21-30-27-18-16-26(17-19-27)28(24-10-7-6-8-11-24)25-14-12-23(20-29)13-15-25/h6-8,10-20,22H,3-5,9,21H2,1-2H3. The number of aldehydes is 1. The second-order valence-electron chi connectivity index (χ2n) is 7.60. The number of nitrogens with zero attached hydrogens (tertiary/aromatic N) is 1. The van der Waals surface area contributed by atoms with Crippen molar-refractivity contribution in [2.24, 2.45) is 5.92 Å². The van der Waals surface area contributed by atoms with Crippen LogP contribution in [0.3, 0.4) is 0 Å². The van der Waals surface area contributed by atoms with Crippen molar-refractivity contribution >= 4 is 23.3 Å². The lowest BCUT2D eigenvalue weighted by atomic mass is 10.0. The summed E-state index contributed by atoms with van der Waals surface area (Å²) < 4.78 is 6.08. The van der Waals surface area contributed by atoms with Gasteiger partial charge in [-0.25, -0.2) is 0 Å². The SMILES string of the molecule is CCCCC(CC)COc1ccc(N(c2ccccc2)c2ccc(C=O)cc2)cc1. The van der Waals surface area contributed by atoms with E-state index in [0.717, 1.165) is 42.1 Å². The van der Waals surface area contributed by atoms with Crippen molar-refractivity contribution in [3.63, 3.8) is 0 Å². The van der Waals surface area contributed by atoms with Crippen LogP contribution in [0.2, 0.25) is 0 Å². The Hall–Kier alpha value is -3.07. The lowest BCUT2D eigenvalue weighted by molar-refractivity contribution is 0.112. The van der Waals surface area contributed by atoms with E-state index in [2.05, 4.69) is 43.0 Å². The molecule has 0 amide bonds. The number of hydrogen-bond donors (Lipinski definition) is 0. The first kappa shape index (κ1) is 21.6. The lowest BCUT2D eigenvalue weighted by Crippen LogP contribution is -2.12. The maximum Gasteiger partial charge on any atom is 0.150 e. The number of para-hydroxylation sites is 1. The Kier molecular flexibility index (Phi) is 8.08. The molecule has 0 aromatic heterocycles. The first-order valence-corrected chi connectivity index (χ1v) is 10.9. The molecule has 3 heteroatoms. The van der Waals surface area contributed by atoms with Crippen LogP contribution >= 0.6 is 0 Å².